The molecule has 3 atom stereocenters. The maximum atomic E-state index is 6.60. The average molecular weight is 244 g/mol. The van der Waals surface area contributed by atoms with E-state index in [1.54, 1.807) is 5.19 Å². The molecule has 3 aliphatic rings. The first-order valence-corrected chi connectivity index (χ1v) is 7.69. The van der Waals surface area contributed by atoms with Gasteiger partial charge in [-0.05, 0) is 42.4 Å². The molecule has 2 bridgehead atoms. The molecule has 0 amide bonds. The molecule has 88 valence electrons. The van der Waals surface area contributed by atoms with Crippen molar-refractivity contribution >= 4 is 20.7 Å². The number of piperidine rings is 1. The first-order chi connectivity index (χ1) is 8.27. The highest BCUT2D eigenvalue weighted by Crippen LogP contribution is 2.55. The monoisotopic (exact) mass is 244 g/mol. The highest BCUT2D eigenvalue weighted by molar-refractivity contribution is 7.37. The summed E-state index contributed by atoms with van der Waals surface area (Å²) >= 11 is 0. The van der Waals surface area contributed by atoms with Gasteiger partial charge in [-0.1, -0.05) is 25.5 Å². The molecule has 2 saturated heterocycles. The van der Waals surface area contributed by atoms with Crippen molar-refractivity contribution in [1.29, 1.82) is 0 Å². The average Bonchev–Trinajstić information content (AvgIpc) is 2.80. The highest BCUT2D eigenvalue weighted by atomic mass is 31.0. The Hall–Kier alpha value is -0.365. The van der Waals surface area contributed by atoms with Crippen molar-refractivity contribution in [2.45, 2.75) is 49.1 Å². The Morgan fingerprint density at radius 2 is 2.12 bits per heavy atom. The second-order valence-corrected chi connectivity index (χ2v) is 7.20. The molecule has 0 saturated carbocycles. The van der Waals surface area contributed by atoms with Crippen LogP contribution in [0, 0.1) is 0 Å². The molecule has 3 unspecified atom stereocenters. The van der Waals surface area contributed by atoms with Gasteiger partial charge < -0.3 is 11.1 Å². The van der Waals surface area contributed by atoms with Crippen LogP contribution in [0.2, 0.25) is 5.31 Å². The summed E-state index contributed by atoms with van der Waals surface area (Å²) in [4.78, 5) is 0. The van der Waals surface area contributed by atoms with Crippen molar-refractivity contribution < 1.29 is 0 Å². The number of hydrogen-bond acceptors (Lipinski definition) is 2. The molecule has 2 fully saturated rings. The third-order valence-corrected chi connectivity index (χ3v) is 6.13. The number of hydrogen-bond donors (Lipinski definition) is 2. The molecule has 4 rings (SSSR count). The van der Waals surface area contributed by atoms with Crippen LogP contribution in [0.25, 0.3) is 0 Å². The van der Waals surface area contributed by atoms with Gasteiger partial charge in [-0.3, -0.25) is 0 Å². The fraction of sp³-hybridized carbons (Fsp3) is 0.615. The summed E-state index contributed by atoms with van der Waals surface area (Å²) in [6.45, 7) is 0. The zero-order chi connectivity index (χ0) is 11.5. The first kappa shape index (κ1) is 10.5. The Morgan fingerprint density at radius 3 is 2.82 bits per heavy atom. The van der Waals surface area contributed by atoms with Crippen LogP contribution in [0.5, 0.6) is 0 Å². The molecule has 3 N–H and O–H groups in total. The zero-order valence-corrected chi connectivity index (χ0v) is 10.9. The number of fused-ring (bicyclic) bond motifs is 3. The van der Waals surface area contributed by atoms with Crippen LogP contribution in [0.1, 0.15) is 37.3 Å². The smallest absolute Gasteiger partial charge is 0.173 e. The third kappa shape index (κ3) is 1.46. The van der Waals surface area contributed by atoms with Gasteiger partial charge in [0.2, 0.25) is 0 Å². The molecule has 2 nitrogen and oxygen atoms in total. The Bertz CT molecular complexity index is 452. The van der Waals surface area contributed by atoms with Crippen LogP contribution in [0.15, 0.2) is 17.9 Å². The largest absolute Gasteiger partial charge is 0.324 e. The van der Waals surface area contributed by atoms with Gasteiger partial charge in [0, 0.05) is 18.1 Å². The van der Waals surface area contributed by atoms with E-state index >= 15 is 0 Å². The van der Waals surface area contributed by atoms with Crippen molar-refractivity contribution in [3.63, 3.8) is 0 Å². The Balaban J connectivity index is 1.73. The molecule has 1 spiro atoms. The minimum absolute atomic E-state index is 0.292. The molecule has 4 heterocycles. The fourth-order valence-corrected chi connectivity index (χ4v) is 5.46. The Labute approximate surface area is 105 Å². The van der Waals surface area contributed by atoms with Crippen molar-refractivity contribution in [2.75, 3.05) is 0 Å². The van der Waals surface area contributed by atoms with Gasteiger partial charge in [-0.2, -0.15) is 0 Å². The van der Waals surface area contributed by atoms with E-state index in [1.165, 1.54) is 46.7 Å². The predicted octanol–water partition coefficient (Wildman–Crippen LogP) is 1.42. The minimum Gasteiger partial charge on any atom is -0.324 e. The van der Waals surface area contributed by atoms with Crippen molar-refractivity contribution in [2.24, 2.45) is 5.73 Å². The van der Waals surface area contributed by atoms with Gasteiger partial charge in [0.1, 0.15) is 0 Å². The topological polar surface area (TPSA) is 38.0 Å². The van der Waals surface area contributed by atoms with Crippen molar-refractivity contribution in [3.05, 3.63) is 23.5 Å². The molecule has 0 radical (unpaired) electrons. The fourth-order valence-electron chi connectivity index (χ4n) is 4.34. The van der Waals surface area contributed by atoms with Crippen molar-refractivity contribution in [1.82, 2.24) is 5.32 Å². The molecule has 0 aromatic carbocycles. The summed E-state index contributed by atoms with van der Waals surface area (Å²) in [6.07, 6.45) is 5.31. The van der Waals surface area contributed by atoms with Gasteiger partial charge in [-0.15, -0.1) is 0 Å². The van der Waals surface area contributed by atoms with E-state index in [9.17, 15) is 0 Å². The van der Waals surface area contributed by atoms with Gasteiger partial charge in [-0.25, -0.2) is 0 Å². The zero-order valence-electron chi connectivity index (χ0n) is 10.0. The standard InChI is InChI=1S/C13H18BN2P/c15-11-10-2-1-5-17-12(10)14-13(11)6-8-3-4-9(7-13)16-8/h1-2,5,8-9,11,14,16H,3-4,6-7,15H2. The predicted molar refractivity (Wildman–Crippen MR) is 74.5 cm³/mol. The molecule has 1 aromatic heterocycles. The minimum atomic E-state index is 0.292. The van der Waals surface area contributed by atoms with Gasteiger partial charge in [0.25, 0.3) is 0 Å². The van der Waals surface area contributed by atoms with E-state index in [0.29, 0.717) is 11.4 Å². The SMILES string of the molecule is NC1c2cccpc2BC12CC1CCC(C2)N1. The van der Waals surface area contributed by atoms with Gasteiger partial charge >= 0.3 is 0 Å². The van der Waals surface area contributed by atoms with E-state index < -0.39 is 0 Å². The van der Waals surface area contributed by atoms with E-state index in [-0.39, 0.29) is 0 Å². The van der Waals surface area contributed by atoms with Crippen LogP contribution in [-0.2, 0) is 0 Å². The summed E-state index contributed by atoms with van der Waals surface area (Å²) < 4.78 is 0. The van der Waals surface area contributed by atoms with E-state index in [4.69, 9.17) is 5.73 Å². The molecular formula is C13H18BN2P. The summed E-state index contributed by atoms with van der Waals surface area (Å²) in [5, 5.41) is 5.73. The second-order valence-electron chi connectivity index (χ2n) is 6.10. The maximum Gasteiger partial charge on any atom is 0.173 e. The summed E-state index contributed by atoms with van der Waals surface area (Å²) in [7, 11) is 2.64. The van der Waals surface area contributed by atoms with E-state index in [0.717, 1.165) is 12.1 Å². The number of nitrogens with two attached hydrogens (primary N) is 1. The van der Waals surface area contributed by atoms with Crippen LogP contribution >= 0.6 is 8.19 Å². The molecule has 17 heavy (non-hydrogen) atoms. The van der Waals surface area contributed by atoms with Crippen LogP contribution < -0.4 is 16.2 Å². The summed E-state index contributed by atoms with van der Waals surface area (Å²) in [5.41, 5.74) is 8.05. The lowest BCUT2D eigenvalue weighted by Gasteiger charge is -2.41. The quantitative estimate of drug-likeness (QED) is 0.677. The van der Waals surface area contributed by atoms with Gasteiger partial charge in [0.15, 0.2) is 7.28 Å². The van der Waals surface area contributed by atoms with Crippen molar-refractivity contribution in [3.8, 4) is 0 Å². The Kier molecular flexibility index (Phi) is 2.21. The lowest BCUT2D eigenvalue weighted by molar-refractivity contribution is 0.283. The number of rotatable bonds is 0. The normalized spacial score (nSPS) is 43.0. The summed E-state index contributed by atoms with van der Waals surface area (Å²) in [6, 6.07) is 6.21. The maximum absolute atomic E-state index is 6.60. The van der Waals surface area contributed by atoms with Crippen LogP contribution in [0.3, 0.4) is 0 Å². The van der Waals surface area contributed by atoms with E-state index in [2.05, 4.69) is 23.2 Å². The molecule has 4 heteroatoms. The molecular weight excluding hydrogens is 226 g/mol. The van der Waals surface area contributed by atoms with E-state index in [1.807, 2.05) is 0 Å². The summed E-state index contributed by atoms with van der Waals surface area (Å²) in [5.74, 6) is 2.25. The molecule has 0 aliphatic carbocycles. The first-order valence-electron chi connectivity index (χ1n) is 6.72. The van der Waals surface area contributed by atoms with Crippen LogP contribution in [0.4, 0.5) is 0 Å². The van der Waals surface area contributed by atoms with Gasteiger partial charge in [0.05, 0.1) is 0 Å². The molecule has 1 aromatic rings. The highest BCUT2D eigenvalue weighted by Gasteiger charge is 2.51. The molecule has 3 aliphatic heterocycles. The Morgan fingerprint density at radius 1 is 1.35 bits per heavy atom. The lowest BCUT2D eigenvalue weighted by Crippen LogP contribution is -2.46. The number of nitrogens with one attached hydrogen (secondary N) is 1. The lowest BCUT2D eigenvalue weighted by atomic mass is 9.48. The third-order valence-electron chi connectivity index (χ3n) is 5.08. The second kappa shape index (κ2) is 3.57. The van der Waals surface area contributed by atoms with Crippen LogP contribution in [-0.4, -0.2) is 19.4 Å².